The minimum atomic E-state index is -3.87. The highest BCUT2D eigenvalue weighted by Gasteiger charge is 2.29. The SMILES string of the molecule is CCN(CCC(=O)O)S(=O)(=O)c1cc(C(=O)OC)sc1Br. The molecule has 0 saturated heterocycles. The smallest absolute Gasteiger partial charge is 0.348 e. The van der Waals surface area contributed by atoms with Gasteiger partial charge in [-0.15, -0.1) is 11.3 Å². The predicted octanol–water partition coefficient (Wildman–Crippen LogP) is 1.78. The van der Waals surface area contributed by atoms with E-state index < -0.39 is 22.0 Å². The lowest BCUT2D eigenvalue weighted by atomic mass is 10.4. The van der Waals surface area contributed by atoms with Gasteiger partial charge in [0.15, 0.2) is 0 Å². The van der Waals surface area contributed by atoms with Crippen molar-refractivity contribution < 1.29 is 27.9 Å². The third-order valence-electron chi connectivity index (χ3n) is 2.59. The molecule has 0 saturated carbocycles. The quantitative estimate of drug-likeness (QED) is 0.701. The van der Waals surface area contributed by atoms with Crippen molar-refractivity contribution in [1.82, 2.24) is 4.31 Å². The summed E-state index contributed by atoms with van der Waals surface area (Å²) in [5.41, 5.74) is 0. The van der Waals surface area contributed by atoms with Gasteiger partial charge in [0.25, 0.3) is 0 Å². The Balaban J connectivity index is 3.13. The van der Waals surface area contributed by atoms with Gasteiger partial charge in [-0.1, -0.05) is 6.92 Å². The summed E-state index contributed by atoms with van der Waals surface area (Å²) in [4.78, 5) is 22.1. The molecule has 0 amide bonds. The molecule has 0 aromatic carbocycles. The molecule has 0 aliphatic heterocycles. The first kappa shape index (κ1) is 18.1. The van der Waals surface area contributed by atoms with E-state index in [4.69, 9.17) is 5.11 Å². The summed E-state index contributed by atoms with van der Waals surface area (Å²) in [5.74, 6) is -1.71. The third kappa shape index (κ3) is 4.25. The molecule has 0 unspecified atom stereocenters. The Morgan fingerprint density at radius 1 is 1.48 bits per heavy atom. The van der Waals surface area contributed by atoms with E-state index in [1.54, 1.807) is 6.92 Å². The average molecular weight is 400 g/mol. The summed E-state index contributed by atoms with van der Waals surface area (Å²) in [6.45, 7) is 1.61. The normalized spacial score (nSPS) is 11.6. The van der Waals surface area contributed by atoms with Gasteiger partial charge in [0.1, 0.15) is 9.77 Å². The van der Waals surface area contributed by atoms with E-state index in [-0.39, 0.29) is 33.1 Å². The van der Waals surface area contributed by atoms with Gasteiger partial charge in [-0.2, -0.15) is 4.31 Å². The standard InChI is InChI=1S/C11H14BrNO6S2/c1-3-13(5-4-9(14)15)21(17,18)8-6-7(11(16)19-2)20-10(8)12/h6H,3-5H2,1-2H3,(H,14,15). The summed E-state index contributed by atoms with van der Waals surface area (Å²) < 4.78 is 30.8. The van der Waals surface area contributed by atoms with Crippen molar-refractivity contribution >= 4 is 49.2 Å². The van der Waals surface area contributed by atoms with Crippen molar-refractivity contribution in [3.8, 4) is 0 Å². The third-order valence-corrected chi connectivity index (χ3v) is 6.79. The number of nitrogens with zero attached hydrogens (tertiary/aromatic N) is 1. The summed E-state index contributed by atoms with van der Waals surface area (Å²) in [7, 11) is -2.67. The van der Waals surface area contributed by atoms with Crippen LogP contribution in [0.5, 0.6) is 0 Å². The van der Waals surface area contributed by atoms with Crippen LogP contribution in [0.3, 0.4) is 0 Å². The van der Waals surface area contributed by atoms with Crippen molar-refractivity contribution in [3.05, 3.63) is 14.7 Å². The molecule has 0 aliphatic carbocycles. The molecule has 0 fully saturated rings. The van der Waals surface area contributed by atoms with E-state index in [9.17, 15) is 18.0 Å². The number of sulfonamides is 1. The zero-order valence-corrected chi connectivity index (χ0v) is 14.5. The highest BCUT2D eigenvalue weighted by Crippen LogP contribution is 2.33. The van der Waals surface area contributed by atoms with E-state index in [2.05, 4.69) is 20.7 Å². The second-order valence-corrected chi connectivity index (χ2v) is 8.16. The molecule has 1 aromatic heterocycles. The van der Waals surface area contributed by atoms with Crippen molar-refractivity contribution in [2.75, 3.05) is 20.2 Å². The van der Waals surface area contributed by atoms with Crippen LogP contribution in [0.15, 0.2) is 14.7 Å². The zero-order valence-electron chi connectivity index (χ0n) is 11.3. The largest absolute Gasteiger partial charge is 0.481 e. The number of carbonyl (C=O) groups excluding carboxylic acids is 1. The van der Waals surface area contributed by atoms with E-state index in [0.717, 1.165) is 15.6 Å². The number of hydrogen-bond acceptors (Lipinski definition) is 6. The van der Waals surface area contributed by atoms with E-state index in [1.165, 1.54) is 13.2 Å². The molecule has 7 nitrogen and oxygen atoms in total. The Morgan fingerprint density at radius 2 is 2.10 bits per heavy atom. The van der Waals surface area contributed by atoms with Gasteiger partial charge < -0.3 is 9.84 Å². The maximum Gasteiger partial charge on any atom is 0.348 e. The number of methoxy groups -OCH3 is 1. The first-order valence-electron chi connectivity index (χ1n) is 5.83. The lowest BCUT2D eigenvalue weighted by Crippen LogP contribution is -2.32. The number of aliphatic carboxylic acids is 1. The first-order chi connectivity index (χ1) is 9.73. The lowest BCUT2D eigenvalue weighted by molar-refractivity contribution is -0.137. The lowest BCUT2D eigenvalue weighted by Gasteiger charge is -2.19. The number of rotatable bonds is 7. The van der Waals surface area contributed by atoms with Crippen LogP contribution in [0.2, 0.25) is 0 Å². The van der Waals surface area contributed by atoms with E-state index in [0.29, 0.717) is 0 Å². The molecule has 0 atom stereocenters. The molecule has 0 radical (unpaired) electrons. The zero-order chi connectivity index (χ0) is 16.2. The monoisotopic (exact) mass is 399 g/mol. The van der Waals surface area contributed by atoms with Gasteiger partial charge in [0.2, 0.25) is 10.0 Å². The highest BCUT2D eigenvalue weighted by molar-refractivity contribution is 9.11. The Bertz CT molecular complexity index is 639. The second-order valence-electron chi connectivity index (χ2n) is 3.88. The maximum atomic E-state index is 12.5. The summed E-state index contributed by atoms with van der Waals surface area (Å²) in [5, 5.41) is 8.67. The van der Waals surface area contributed by atoms with Crippen LogP contribution in [0.1, 0.15) is 23.0 Å². The van der Waals surface area contributed by atoms with Gasteiger partial charge >= 0.3 is 11.9 Å². The molecule has 1 aromatic rings. The van der Waals surface area contributed by atoms with Crippen LogP contribution >= 0.6 is 27.3 Å². The minimum Gasteiger partial charge on any atom is -0.481 e. The average Bonchev–Trinajstić information content (AvgIpc) is 2.80. The number of esters is 1. The van der Waals surface area contributed by atoms with Crippen LogP contribution in [-0.4, -0.2) is 50.0 Å². The summed E-state index contributed by atoms with van der Waals surface area (Å²) in [6.07, 6.45) is -0.293. The van der Waals surface area contributed by atoms with Gasteiger partial charge in [0, 0.05) is 13.1 Å². The Kier molecular flexibility index (Phi) is 6.32. The molecular formula is C11H14BrNO6S2. The van der Waals surface area contributed by atoms with Crippen LogP contribution in [0.4, 0.5) is 0 Å². The number of carboxylic acids is 1. The fourth-order valence-corrected chi connectivity index (χ4v) is 5.42. The van der Waals surface area contributed by atoms with E-state index in [1.807, 2.05) is 0 Å². The topological polar surface area (TPSA) is 101 Å². The van der Waals surface area contributed by atoms with Gasteiger partial charge in [0.05, 0.1) is 17.3 Å². The number of carboxylic acid groups (broad SMARTS) is 1. The molecule has 1 rings (SSSR count). The fourth-order valence-electron chi connectivity index (χ4n) is 1.54. The van der Waals surface area contributed by atoms with Crippen molar-refractivity contribution in [3.63, 3.8) is 0 Å². The number of hydrogen-bond donors (Lipinski definition) is 1. The molecule has 10 heteroatoms. The van der Waals surface area contributed by atoms with Crippen LogP contribution in [0, 0.1) is 0 Å². The molecule has 0 aliphatic rings. The number of ether oxygens (including phenoxy) is 1. The molecule has 1 heterocycles. The van der Waals surface area contributed by atoms with Crippen molar-refractivity contribution in [2.45, 2.75) is 18.2 Å². The number of carbonyl (C=O) groups is 2. The fraction of sp³-hybridized carbons (Fsp3) is 0.455. The summed E-state index contributed by atoms with van der Waals surface area (Å²) in [6, 6.07) is 1.22. The summed E-state index contributed by atoms with van der Waals surface area (Å²) >= 11 is 4.06. The Labute approximate surface area is 134 Å². The van der Waals surface area contributed by atoms with E-state index >= 15 is 0 Å². The van der Waals surface area contributed by atoms with Gasteiger partial charge in [-0.3, -0.25) is 4.79 Å². The molecule has 0 spiro atoms. The Hall–Kier alpha value is -0.970. The van der Waals surface area contributed by atoms with Crippen LogP contribution < -0.4 is 0 Å². The minimum absolute atomic E-state index is 0.0693. The second kappa shape index (κ2) is 7.34. The predicted molar refractivity (Wildman–Crippen MR) is 80.0 cm³/mol. The van der Waals surface area contributed by atoms with Gasteiger partial charge in [-0.25, -0.2) is 13.2 Å². The molecule has 1 N–H and O–H groups in total. The number of thiophene rings is 1. The highest BCUT2D eigenvalue weighted by atomic mass is 79.9. The van der Waals surface area contributed by atoms with Crippen molar-refractivity contribution in [1.29, 1.82) is 0 Å². The molecular weight excluding hydrogens is 386 g/mol. The first-order valence-corrected chi connectivity index (χ1v) is 8.88. The number of halogens is 1. The van der Waals surface area contributed by atoms with Crippen molar-refractivity contribution in [2.24, 2.45) is 0 Å². The van der Waals surface area contributed by atoms with Crippen LogP contribution in [0.25, 0.3) is 0 Å². The molecule has 0 bridgehead atoms. The molecule has 21 heavy (non-hydrogen) atoms. The van der Waals surface area contributed by atoms with Gasteiger partial charge in [-0.05, 0) is 22.0 Å². The van der Waals surface area contributed by atoms with Crippen LogP contribution in [-0.2, 0) is 19.6 Å². The molecule has 118 valence electrons. The Morgan fingerprint density at radius 3 is 2.57 bits per heavy atom. The maximum absolute atomic E-state index is 12.5.